The Bertz CT molecular complexity index is 1620. The fraction of sp³-hybridized carbons (Fsp3) is 0.333. The van der Waals surface area contributed by atoms with Crippen LogP contribution in [0.4, 0.5) is 30.4 Å². The third-order valence-corrected chi connectivity index (χ3v) is 8.64. The number of carbonyl (C=O) groups excluding carboxylic acids is 1. The second-order valence-corrected chi connectivity index (χ2v) is 11.5. The zero-order valence-corrected chi connectivity index (χ0v) is 25.1. The molecule has 1 N–H and O–H groups in total. The number of allylic oxidation sites excluding steroid dienone is 3. The van der Waals surface area contributed by atoms with E-state index >= 15 is 0 Å². The number of carbonyl (C=O) groups is 1. The minimum absolute atomic E-state index is 0.0527. The number of methoxy groups -OCH3 is 1. The smallest absolute Gasteiger partial charge is 0.416 e. The maximum Gasteiger partial charge on any atom is 0.416 e. The number of nitrogens with zero attached hydrogens (tertiary/aromatic N) is 4. The minimum Gasteiger partial charge on any atom is -0.495 e. The summed E-state index contributed by atoms with van der Waals surface area (Å²) in [5.74, 6) is 1.51. The normalized spacial score (nSPS) is 17.0. The summed E-state index contributed by atoms with van der Waals surface area (Å²) in [6.07, 6.45) is 2.43. The number of hydrogen-bond acceptors (Lipinski definition) is 6. The number of anilines is 3. The van der Waals surface area contributed by atoms with Crippen molar-refractivity contribution in [2.75, 3.05) is 61.5 Å². The summed E-state index contributed by atoms with van der Waals surface area (Å²) >= 11 is 6.08. The van der Waals surface area contributed by atoms with Gasteiger partial charge in [-0.2, -0.15) is 13.2 Å². The largest absolute Gasteiger partial charge is 0.495 e. The van der Waals surface area contributed by atoms with Crippen LogP contribution in [-0.4, -0.2) is 62.2 Å². The molecule has 0 saturated carbocycles. The lowest BCUT2D eigenvalue weighted by atomic mass is 9.93. The predicted molar refractivity (Wildman–Crippen MR) is 167 cm³/mol. The molecule has 3 heterocycles. The Balaban J connectivity index is 1.15. The lowest BCUT2D eigenvalue weighted by Crippen LogP contribution is -2.49. The number of piperazine rings is 1. The van der Waals surface area contributed by atoms with Gasteiger partial charge in [-0.15, -0.1) is 0 Å². The zero-order chi connectivity index (χ0) is 30.8. The monoisotopic (exact) mass is 623 g/mol. The van der Waals surface area contributed by atoms with Crippen molar-refractivity contribution in [3.63, 3.8) is 0 Å². The first-order chi connectivity index (χ1) is 21.2. The van der Waals surface area contributed by atoms with Crippen LogP contribution in [-0.2, 0) is 17.5 Å². The first-order valence-electron chi connectivity index (χ1n) is 14.6. The van der Waals surface area contributed by atoms with Crippen molar-refractivity contribution >= 4 is 40.3 Å². The summed E-state index contributed by atoms with van der Waals surface area (Å²) in [6.45, 7) is 3.85. The number of benzene rings is 2. The van der Waals surface area contributed by atoms with E-state index in [9.17, 15) is 18.0 Å². The number of ether oxygens (including phenoxy) is 1. The molecule has 0 bridgehead atoms. The van der Waals surface area contributed by atoms with E-state index < -0.39 is 11.7 Å². The Morgan fingerprint density at radius 1 is 1.00 bits per heavy atom. The molecule has 44 heavy (non-hydrogen) atoms. The topological polar surface area (TPSA) is 60.9 Å². The van der Waals surface area contributed by atoms with Crippen molar-refractivity contribution in [2.45, 2.75) is 25.6 Å². The maximum atomic E-state index is 13.7. The average Bonchev–Trinajstić information content (AvgIpc) is 3.04. The summed E-state index contributed by atoms with van der Waals surface area (Å²) < 4.78 is 46.7. The highest BCUT2D eigenvalue weighted by molar-refractivity contribution is 6.30. The van der Waals surface area contributed by atoms with Crippen molar-refractivity contribution in [3.8, 4) is 5.75 Å². The highest BCUT2D eigenvalue weighted by Gasteiger charge is 2.34. The van der Waals surface area contributed by atoms with Crippen molar-refractivity contribution in [3.05, 3.63) is 94.2 Å². The standard InChI is InChI=1S/C33H33ClF3N5O2/c1-44-30-5-3-2-4-28(30)40-14-16-41(17-15-40)32(43)23-8-6-22(7-9-23)24-19-29-31(39-20-24)38-12-13-42(29)21-25-18-26(34)10-11-27(25)33(35,36)37/h2-6,8,10-11,18-20H,7,9,12-17,21H2,1H3,(H,38,39). The van der Waals surface area contributed by atoms with Gasteiger partial charge in [0, 0.05) is 62.6 Å². The van der Waals surface area contributed by atoms with Crippen molar-refractivity contribution < 1.29 is 22.7 Å². The quantitative estimate of drug-likeness (QED) is 0.332. The molecule has 2 aromatic carbocycles. The number of para-hydroxylation sites is 2. The average molecular weight is 624 g/mol. The Morgan fingerprint density at radius 3 is 2.52 bits per heavy atom. The lowest BCUT2D eigenvalue weighted by molar-refractivity contribution is -0.138. The van der Waals surface area contributed by atoms with Crippen LogP contribution in [0.15, 0.2) is 72.5 Å². The molecular formula is C33H33ClF3N5O2. The van der Waals surface area contributed by atoms with Gasteiger partial charge in [0.05, 0.1) is 24.0 Å². The van der Waals surface area contributed by atoms with Crippen LogP contribution in [0.3, 0.4) is 0 Å². The summed E-state index contributed by atoms with van der Waals surface area (Å²) in [4.78, 5) is 24.0. The molecule has 0 radical (unpaired) electrons. The number of amides is 1. The fourth-order valence-electron chi connectivity index (χ4n) is 6.08. The Labute approximate surface area is 259 Å². The molecule has 2 aliphatic heterocycles. The van der Waals surface area contributed by atoms with Gasteiger partial charge in [-0.25, -0.2) is 4.98 Å². The van der Waals surface area contributed by atoms with Gasteiger partial charge < -0.3 is 24.8 Å². The van der Waals surface area contributed by atoms with Crippen LogP contribution in [0.5, 0.6) is 5.75 Å². The molecule has 11 heteroatoms. The molecule has 1 amide bonds. The number of rotatable bonds is 6. The van der Waals surface area contributed by atoms with E-state index in [1.54, 1.807) is 13.3 Å². The highest BCUT2D eigenvalue weighted by atomic mass is 35.5. The van der Waals surface area contributed by atoms with E-state index in [0.717, 1.165) is 53.0 Å². The van der Waals surface area contributed by atoms with Crippen LogP contribution >= 0.6 is 11.6 Å². The van der Waals surface area contributed by atoms with Gasteiger partial charge >= 0.3 is 6.18 Å². The van der Waals surface area contributed by atoms with Gasteiger partial charge in [0.15, 0.2) is 0 Å². The minimum atomic E-state index is -4.48. The number of halogens is 4. The molecule has 1 fully saturated rings. The van der Waals surface area contributed by atoms with E-state index in [1.807, 2.05) is 52.3 Å². The number of hydrogen-bond donors (Lipinski definition) is 1. The predicted octanol–water partition coefficient (Wildman–Crippen LogP) is 6.65. The van der Waals surface area contributed by atoms with E-state index in [0.29, 0.717) is 44.8 Å². The second kappa shape index (κ2) is 12.4. The molecule has 7 nitrogen and oxygen atoms in total. The summed E-state index contributed by atoms with van der Waals surface area (Å²) in [7, 11) is 1.66. The zero-order valence-electron chi connectivity index (χ0n) is 24.3. The van der Waals surface area contributed by atoms with Gasteiger partial charge in [0.25, 0.3) is 0 Å². The molecule has 3 aromatic rings. The molecule has 1 saturated heterocycles. The molecule has 6 rings (SSSR count). The summed E-state index contributed by atoms with van der Waals surface area (Å²) in [6, 6.07) is 13.6. The Kier molecular flexibility index (Phi) is 8.44. The number of pyridine rings is 1. The summed E-state index contributed by atoms with van der Waals surface area (Å²) in [5.41, 5.74) is 3.89. The number of nitrogens with one attached hydrogen (secondary N) is 1. The van der Waals surface area contributed by atoms with Crippen LogP contribution in [0.25, 0.3) is 5.57 Å². The number of alkyl halides is 3. The molecule has 3 aliphatic rings. The van der Waals surface area contributed by atoms with Crippen molar-refractivity contribution in [1.29, 1.82) is 0 Å². The third-order valence-electron chi connectivity index (χ3n) is 8.40. The van der Waals surface area contributed by atoms with Crippen molar-refractivity contribution in [2.24, 2.45) is 0 Å². The number of aromatic nitrogens is 1. The van der Waals surface area contributed by atoms with E-state index in [1.165, 1.54) is 12.1 Å². The first-order valence-corrected chi connectivity index (χ1v) is 15.0. The van der Waals surface area contributed by atoms with Gasteiger partial charge in [0.1, 0.15) is 11.6 Å². The van der Waals surface area contributed by atoms with E-state index in [-0.39, 0.29) is 23.0 Å². The molecule has 1 aliphatic carbocycles. The lowest BCUT2D eigenvalue weighted by Gasteiger charge is -2.37. The van der Waals surface area contributed by atoms with Gasteiger partial charge in [-0.05, 0) is 65.9 Å². The Morgan fingerprint density at radius 2 is 1.80 bits per heavy atom. The first kappa shape index (κ1) is 29.9. The molecule has 0 unspecified atom stereocenters. The van der Waals surface area contributed by atoms with Crippen LogP contribution in [0.1, 0.15) is 29.5 Å². The Hall–Kier alpha value is -4.18. The molecule has 0 spiro atoms. The maximum absolute atomic E-state index is 13.7. The van der Waals surface area contributed by atoms with Crippen molar-refractivity contribution in [1.82, 2.24) is 9.88 Å². The van der Waals surface area contributed by atoms with E-state index in [2.05, 4.69) is 15.2 Å². The van der Waals surface area contributed by atoms with Gasteiger partial charge in [-0.3, -0.25) is 4.79 Å². The molecule has 230 valence electrons. The fourth-order valence-corrected chi connectivity index (χ4v) is 6.27. The van der Waals surface area contributed by atoms with Crippen LogP contribution in [0.2, 0.25) is 5.02 Å². The van der Waals surface area contributed by atoms with E-state index in [4.69, 9.17) is 16.3 Å². The third kappa shape index (κ3) is 6.22. The van der Waals surface area contributed by atoms with Gasteiger partial charge in [-0.1, -0.05) is 35.9 Å². The van der Waals surface area contributed by atoms with Gasteiger partial charge in [0.2, 0.25) is 5.91 Å². The summed E-state index contributed by atoms with van der Waals surface area (Å²) in [5, 5.41) is 3.51. The highest BCUT2D eigenvalue weighted by Crippen LogP contribution is 2.38. The molecular weight excluding hydrogens is 591 g/mol. The molecule has 1 aromatic heterocycles. The second-order valence-electron chi connectivity index (χ2n) is 11.1. The molecule has 0 atom stereocenters. The van der Waals surface area contributed by atoms with Crippen LogP contribution in [0, 0.1) is 0 Å². The SMILES string of the molecule is COc1ccccc1N1CCN(C(=O)C2=CC=C(c3cnc4c(c3)N(Cc3cc(Cl)ccc3C(F)(F)F)CCN4)CC2)CC1. The number of fused-ring (bicyclic) bond motifs is 1. The van der Waals surface area contributed by atoms with Crippen LogP contribution < -0.4 is 19.9 Å².